The molecule has 2 aromatic rings. The Morgan fingerprint density at radius 3 is 2.28 bits per heavy atom. The van der Waals surface area contributed by atoms with Crippen molar-refractivity contribution in [3.05, 3.63) is 47.5 Å². The zero-order valence-corrected chi connectivity index (χ0v) is 11.3. The second-order valence-electron chi connectivity index (χ2n) is 5.48. The van der Waals surface area contributed by atoms with E-state index in [1.165, 1.54) is 0 Å². The number of hydrogen-bond donors (Lipinski definition) is 1. The number of aryl methyl sites for hydroxylation is 1. The molecule has 2 rings (SSSR count). The Hall–Kier alpha value is -1.68. The molecule has 1 heterocycles. The lowest BCUT2D eigenvalue weighted by Gasteiger charge is -2.16. The first-order chi connectivity index (χ1) is 8.39. The molecule has 0 saturated carbocycles. The molecule has 1 atom stereocenters. The molecule has 0 saturated heterocycles. The largest absolute Gasteiger partial charge is 0.380 e. The maximum absolute atomic E-state index is 10.3. The highest BCUT2D eigenvalue weighted by atomic mass is 16.3. The lowest BCUT2D eigenvalue weighted by molar-refractivity contribution is 0.209. The van der Waals surface area contributed by atoms with E-state index in [4.69, 9.17) is 0 Å². The van der Waals surface area contributed by atoms with Crippen molar-refractivity contribution in [3.63, 3.8) is 0 Å². The van der Waals surface area contributed by atoms with Gasteiger partial charge in [0, 0.05) is 12.5 Å². The normalized spacial score (nSPS) is 13.6. The third kappa shape index (κ3) is 2.43. The number of nitrogens with zero attached hydrogens (tertiary/aromatic N) is 3. The van der Waals surface area contributed by atoms with Gasteiger partial charge in [0.05, 0.1) is 0 Å². The van der Waals surface area contributed by atoms with Gasteiger partial charge in [-0.15, -0.1) is 0 Å². The zero-order valence-electron chi connectivity index (χ0n) is 11.3. The summed E-state index contributed by atoms with van der Waals surface area (Å²) in [6.07, 6.45) is -0.770. The molecule has 0 fully saturated rings. The average molecular weight is 245 g/mol. The summed E-state index contributed by atoms with van der Waals surface area (Å²) in [5.41, 5.74) is 0.722. The molecule has 0 aliphatic carbocycles. The van der Waals surface area contributed by atoms with E-state index in [-0.39, 0.29) is 5.41 Å². The van der Waals surface area contributed by atoms with Crippen LogP contribution >= 0.6 is 0 Å². The van der Waals surface area contributed by atoms with E-state index < -0.39 is 6.10 Å². The van der Waals surface area contributed by atoms with Crippen molar-refractivity contribution in [3.8, 4) is 0 Å². The number of benzene rings is 1. The monoisotopic (exact) mass is 245 g/mol. The Morgan fingerprint density at radius 2 is 1.78 bits per heavy atom. The molecule has 1 N–H and O–H groups in total. The average Bonchev–Trinajstić information content (AvgIpc) is 2.71. The first-order valence-electron chi connectivity index (χ1n) is 6.04. The number of hydrogen-bond acceptors (Lipinski definition) is 3. The predicted octanol–water partition coefficient (Wildman–Crippen LogP) is 2.19. The Kier molecular flexibility index (Phi) is 3.22. The summed E-state index contributed by atoms with van der Waals surface area (Å²) < 4.78 is 1.74. The third-order valence-electron chi connectivity index (χ3n) is 2.81. The highest BCUT2D eigenvalue weighted by Gasteiger charge is 2.24. The minimum atomic E-state index is -0.770. The second-order valence-corrected chi connectivity index (χ2v) is 5.48. The van der Waals surface area contributed by atoms with Crippen molar-refractivity contribution in [1.82, 2.24) is 14.8 Å². The molecule has 0 amide bonds. The van der Waals surface area contributed by atoms with Crippen molar-refractivity contribution >= 4 is 0 Å². The third-order valence-corrected chi connectivity index (χ3v) is 2.81. The van der Waals surface area contributed by atoms with Crippen LogP contribution in [0.4, 0.5) is 0 Å². The van der Waals surface area contributed by atoms with Gasteiger partial charge in [-0.3, -0.25) is 4.68 Å². The van der Waals surface area contributed by atoms with E-state index in [9.17, 15) is 5.11 Å². The van der Waals surface area contributed by atoms with Crippen LogP contribution < -0.4 is 0 Å². The SMILES string of the molecule is Cn1nc(C(O)c2ccccc2)nc1C(C)(C)C. The van der Waals surface area contributed by atoms with Crippen LogP contribution in [0.3, 0.4) is 0 Å². The van der Waals surface area contributed by atoms with Crippen LogP contribution in [0.2, 0.25) is 0 Å². The van der Waals surface area contributed by atoms with Crippen LogP contribution in [0, 0.1) is 0 Å². The molecule has 0 bridgehead atoms. The molecular weight excluding hydrogens is 226 g/mol. The standard InChI is InChI=1S/C14H19N3O/c1-14(2,3)13-15-12(16-17(13)4)11(18)10-8-6-5-7-9-10/h5-9,11,18H,1-4H3. The predicted molar refractivity (Wildman–Crippen MR) is 70.2 cm³/mol. The number of aliphatic hydroxyl groups is 1. The molecule has 0 aliphatic rings. The Bertz CT molecular complexity index is 526. The Morgan fingerprint density at radius 1 is 1.17 bits per heavy atom. The molecule has 4 nitrogen and oxygen atoms in total. The smallest absolute Gasteiger partial charge is 0.183 e. The van der Waals surface area contributed by atoms with Gasteiger partial charge in [-0.1, -0.05) is 51.1 Å². The van der Waals surface area contributed by atoms with Crippen LogP contribution in [0.5, 0.6) is 0 Å². The highest BCUT2D eigenvalue weighted by Crippen LogP contribution is 2.24. The summed E-state index contributed by atoms with van der Waals surface area (Å²) in [4.78, 5) is 4.46. The number of aliphatic hydroxyl groups excluding tert-OH is 1. The minimum Gasteiger partial charge on any atom is -0.380 e. The van der Waals surface area contributed by atoms with Crippen molar-refractivity contribution < 1.29 is 5.11 Å². The van der Waals surface area contributed by atoms with Gasteiger partial charge in [-0.05, 0) is 5.56 Å². The lowest BCUT2D eigenvalue weighted by atomic mass is 9.96. The summed E-state index contributed by atoms with van der Waals surface area (Å²) in [5.74, 6) is 1.32. The minimum absolute atomic E-state index is 0.0869. The Labute approximate surface area is 107 Å². The van der Waals surface area contributed by atoms with Gasteiger partial charge in [0.25, 0.3) is 0 Å². The van der Waals surface area contributed by atoms with Crippen molar-refractivity contribution in [2.75, 3.05) is 0 Å². The number of aromatic nitrogens is 3. The van der Waals surface area contributed by atoms with E-state index >= 15 is 0 Å². The van der Waals surface area contributed by atoms with E-state index in [0.717, 1.165) is 11.4 Å². The topological polar surface area (TPSA) is 50.9 Å². The van der Waals surface area contributed by atoms with Crippen molar-refractivity contribution in [1.29, 1.82) is 0 Å². The molecule has 96 valence electrons. The zero-order chi connectivity index (χ0) is 13.3. The van der Waals surface area contributed by atoms with E-state index in [0.29, 0.717) is 5.82 Å². The highest BCUT2D eigenvalue weighted by molar-refractivity contribution is 5.23. The summed E-state index contributed by atoms with van der Waals surface area (Å²) in [6.45, 7) is 6.24. The molecule has 0 spiro atoms. The van der Waals surface area contributed by atoms with Gasteiger partial charge in [0.15, 0.2) is 5.82 Å². The number of rotatable bonds is 2. The van der Waals surface area contributed by atoms with E-state index in [1.54, 1.807) is 4.68 Å². The van der Waals surface area contributed by atoms with Crippen LogP contribution in [0.15, 0.2) is 30.3 Å². The van der Waals surface area contributed by atoms with E-state index in [1.807, 2.05) is 37.4 Å². The van der Waals surface area contributed by atoms with Gasteiger partial charge in [0.2, 0.25) is 0 Å². The van der Waals surface area contributed by atoms with Crippen molar-refractivity contribution in [2.45, 2.75) is 32.3 Å². The second kappa shape index (κ2) is 4.53. The molecular formula is C14H19N3O. The molecule has 18 heavy (non-hydrogen) atoms. The summed E-state index contributed by atoms with van der Waals surface area (Å²) in [5, 5.41) is 14.6. The van der Waals surface area contributed by atoms with Gasteiger partial charge in [-0.25, -0.2) is 4.98 Å². The van der Waals surface area contributed by atoms with Crippen LogP contribution in [-0.2, 0) is 12.5 Å². The summed E-state index contributed by atoms with van der Waals surface area (Å²) >= 11 is 0. The van der Waals surface area contributed by atoms with Crippen LogP contribution in [0.25, 0.3) is 0 Å². The van der Waals surface area contributed by atoms with Gasteiger partial charge >= 0.3 is 0 Å². The van der Waals surface area contributed by atoms with Crippen LogP contribution in [0.1, 0.15) is 44.1 Å². The molecule has 0 radical (unpaired) electrons. The van der Waals surface area contributed by atoms with Gasteiger partial charge in [0.1, 0.15) is 11.9 Å². The quantitative estimate of drug-likeness (QED) is 0.882. The summed E-state index contributed by atoms with van der Waals surface area (Å²) in [6, 6.07) is 9.45. The lowest BCUT2D eigenvalue weighted by Crippen LogP contribution is -2.17. The summed E-state index contributed by atoms with van der Waals surface area (Å²) in [7, 11) is 1.86. The maximum atomic E-state index is 10.3. The van der Waals surface area contributed by atoms with E-state index in [2.05, 4.69) is 30.9 Å². The first kappa shape index (κ1) is 12.8. The Balaban J connectivity index is 2.36. The molecule has 1 unspecified atom stereocenters. The molecule has 0 aliphatic heterocycles. The molecule has 4 heteroatoms. The molecule has 1 aromatic heterocycles. The van der Waals surface area contributed by atoms with Gasteiger partial charge < -0.3 is 5.11 Å². The van der Waals surface area contributed by atoms with Gasteiger partial charge in [-0.2, -0.15) is 5.10 Å². The fraction of sp³-hybridized carbons (Fsp3) is 0.429. The maximum Gasteiger partial charge on any atom is 0.183 e. The first-order valence-corrected chi connectivity index (χ1v) is 6.04. The fourth-order valence-electron chi connectivity index (χ4n) is 1.96. The molecule has 1 aromatic carbocycles. The van der Waals surface area contributed by atoms with Crippen molar-refractivity contribution in [2.24, 2.45) is 7.05 Å². The fourth-order valence-corrected chi connectivity index (χ4v) is 1.96. The van der Waals surface area contributed by atoms with Crippen LogP contribution in [-0.4, -0.2) is 19.9 Å².